The Labute approximate surface area is 177 Å². The van der Waals surface area contributed by atoms with Gasteiger partial charge in [-0.2, -0.15) is 4.68 Å². The topological polar surface area (TPSA) is 87.7 Å². The molecule has 4 rings (SSSR count). The van der Waals surface area contributed by atoms with Crippen molar-refractivity contribution in [1.29, 1.82) is 0 Å². The lowest BCUT2D eigenvalue weighted by atomic mass is 10.2. The number of hydrogen-bond acceptors (Lipinski definition) is 7. The van der Waals surface area contributed by atoms with Crippen molar-refractivity contribution in [1.82, 2.24) is 29.8 Å². The van der Waals surface area contributed by atoms with Crippen LogP contribution in [0, 0.1) is 5.92 Å². The molecule has 0 fully saturated rings. The molecule has 0 aliphatic carbocycles. The Morgan fingerprint density at radius 3 is 2.53 bits per heavy atom. The van der Waals surface area contributed by atoms with Crippen LogP contribution in [-0.4, -0.2) is 36.9 Å². The number of methoxy groups -OCH3 is 1. The average molecular weight is 423 g/mol. The van der Waals surface area contributed by atoms with Gasteiger partial charge in [-0.05, 0) is 42.3 Å². The van der Waals surface area contributed by atoms with Crippen LogP contribution in [0.2, 0.25) is 0 Å². The van der Waals surface area contributed by atoms with E-state index in [1.165, 1.54) is 16.4 Å². The number of rotatable bonds is 7. The number of hydrogen-bond donors (Lipinski definition) is 0. The summed E-state index contributed by atoms with van der Waals surface area (Å²) in [5.41, 5.74) is 1.38. The molecule has 0 radical (unpaired) electrons. The maximum Gasteiger partial charge on any atom is 0.278 e. The quantitative estimate of drug-likeness (QED) is 0.421. The van der Waals surface area contributed by atoms with Crippen molar-refractivity contribution in [3.05, 3.63) is 58.9 Å². The Morgan fingerprint density at radius 2 is 1.80 bits per heavy atom. The third-order valence-electron chi connectivity index (χ3n) is 4.56. The highest BCUT2D eigenvalue weighted by molar-refractivity contribution is 7.98. The Bertz CT molecular complexity index is 1220. The minimum Gasteiger partial charge on any atom is -0.497 e. The van der Waals surface area contributed by atoms with E-state index in [2.05, 4.69) is 38.9 Å². The first kappa shape index (κ1) is 20.1. The van der Waals surface area contributed by atoms with Gasteiger partial charge in [0, 0.05) is 12.1 Å². The first-order valence-corrected chi connectivity index (χ1v) is 10.6. The Balaban J connectivity index is 1.63. The maximum absolute atomic E-state index is 12.7. The molecule has 2 aromatic heterocycles. The zero-order valence-electron chi connectivity index (χ0n) is 17.0. The largest absolute Gasteiger partial charge is 0.497 e. The fourth-order valence-corrected chi connectivity index (χ4v) is 3.93. The molecule has 0 N–H and O–H groups in total. The lowest BCUT2D eigenvalue weighted by Gasteiger charge is -2.13. The molecule has 0 saturated heterocycles. The van der Waals surface area contributed by atoms with Gasteiger partial charge in [0.15, 0.2) is 11.0 Å². The SMILES string of the molecule is COc1ccc(-c2nnc(SCn3nnc4ccccc4c3=O)n2CC(C)C)cc1. The van der Waals surface area contributed by atoms with E-state index in [1.54, 1.807) is 19.2 Å². The van der Waals surface area contributed by atoms with Gasteiger partial charge in [0.2, 0.25) is 0 Å². The Hall–Kier alpha value is -3.20. The normalized spacial score (nSPS) is 11.3. The summed E-state index contributed by atoms with van der Waals surface area (Å²) in [5.74, 6) is 2.28. The van der Waals surface area contributed by atoms with Crippen molar-refractivity contribution in [2.45, 2.75) is 31.4 Å². The van der Waals surface area contributed by atoms with Crippen molar-refractivity contribution in [3.8, 4) is 17.1 Å². The lowest BCUT2D eigenvalue weighted by molar-refractivity contribution is 0.415. The summed E-state index contributed by atoms with van der Waals surface area (Å²) < 4.78 is 8.68. The van der Waals surface area contributed by atoms with E-state index >= 15 is 0 Å². The minimum atomic E-state index is -0.168. The molecule has 0 saturated carbocycles. The van der Waals surface area contributed by atoms with Gasteiger partial charge in [0.25, 0.3) is 5.56 Å². The van der Waals surface area contributed by atoms with E-state index in [-0.39, 0.29) is 5.56 Å². The fourth-order valence-electron chi connectivity index (χ4n) is 3.11. The number of ether oxygens (including phenoxy) is 1. The number of fused-ring (bicyclic) bond motifs is 1. The Kier molecular flexibility index (Phi) is 5.80. The summed E-state index contributed by atoms with van der Waals surface area (Å²) in [5, 5.41) is 18.3. The molecule has 0 aliphatic heterocycles. The molecule has 8 nitrogen and oxygen atoms in total. The molecule has 0 bridgehead atoms. The molecule has 4 aromatic rings. The van der Waals surface area contributed by atoms with Gasteiger partial charge >= 0.3 is 0 Å². The molecule has 0 unspecified atom stereocenters. The fraction of sp³-hybridized carbons (Fsp3) is 0.286. The van der Waals surface area contributed by atoms with E-state index in [0.717, 1.165) is 28.8 Å². The second kappa shape index (κ2) is 8.66. The second-order valence-electron chi connectivity index (χ2n) is 7.22. The van der Waals surface area contributed by atoms with Crippen LogP contribution in [0.4, 0.5) is 0 Å². The van der Waals surface area contributed by atoms with Crippen molar-refractivity contribution < 1.29 is 4.74 Å². The van der Waals surface area contributed by atoms with Crippen molar-refractivity contribution in [2.24, 2.45) is 5.92 Å². The Morgan fingerprint density at radius 1 is 1.03 bits per heavy atom. The van der Waals surface area contributed by atoms with Crippen molar-refractivity contribution in [3.63, 3.8) is 0 Å². The van der Waals surface area contributed by atoms with Crippen molar-refractivity contribution >= 4 is 22.7 Å². The number of benzene rings is 2. The van der Waals surface area contributed by atoms with Crippen LogP contribution in [-0.2, 0) is 12.4 Å². The molecule has 154 valence electrons. The van der Waals surface area contributed by atoms with Gasteiger partial charge in [0.05, 0.1) is 18.4 Å². The molecule has 0 spiro atoms. The predicted octanol–water partition coefficient (Wildman–Crippen LogP) is 3.46. The second-order valence-corrected chi connectivity index (χ2v) is 8.14. The van der Waals surface area contributed by atoms with E-state index in [9.17, 15) is 4.79 Å². The summed E-state index contributed by atoms with van der Waals surface area (Å²) in [6, 6.07) is 14.9. The molecule has 0 amide bonds. The number of aromatic nitrogens is 6. The zero-order valence-corrected chi connectivity index (χ0v) is 17.8. The summed E-state index contributed by atoms with van der Waals surface area (Å²) in [4.78, 5) is 12.7. The van der Waals surface area contributed by atoms with Crippen LogP contribution in [0.15, 0.2) is 58.5 Å². The molecule has 0 atom stereocenters. The smallest absolute Gasteiger partial charge is 0.278 e. The minimum absolute atomic E-state index is 0.168. The summed E-state index contributed by atoms with van der Waals surface area (Å²) in [6.45, 7) is 5.05. The highest BCUT2D eigenvalue weighted by atomic mass is 32.2. The van der Waals surface area contributed by atoms with Crippen LogP contribution in [0.3, 0.4) is 0 Å². The van der Waals surface area contributed by atoms with Crippen molar-refractivity contribution in [2.75, 3.05) is 7.11 Å². The molecule has 9 heteroatoms. The highest BCUT2D eigenvalue weighted by Crippen LogP contribution is 2.27. The third kappa shape index (κ3) is 4.06. The lowest BCUT2D eigenvalue weighted by Crippen LogP contribution is -2.23. The molecular weight excluding hydrogens is 400 g/mol. The van der Waals surface area contributed by atoms with Gasteiger partial charge in [-0.25, -0.2) is 0 Å². The van der Waals surface area contributed by atoms with Gasteiger partial charge in [-0.15, -0.1) is 15.3 Å². The number of thioether (sulfide) groups is 1. The van der Waals surface area contributed by atoms with Crippen LogP contribution >= 0.6 is 11.8 Å². The van der Waals surface area contributed by atoms with Gasteiger partial charge in [-0.3, -0.25) is 4.79 Å². The van der Waals surface area contributed by atoms with Gasteiger partial charge in [0.1, 0.15) is 11.3 Å². The first-order valence-electron chi connectivity index (χ1n) is 9.60. The van der Waals surface area contributed by atoms with Crippen LogP contribution in [0.25, 0.3) is 22.3 Å². The monoisotopic (exact) mass is 422 g/mol. The summed E-state index contributed by atoms with van der Waals surface area (Å²) in [6.07, 6.45) is 0. The molecular formula is C21H22N6O2S. The first-order chi connectivity index (χ1) is 14.6. The third-order valence-corrected chi connectivity index (χ3v) is 5.49. The average Bonchev–Trinajstić information content (AvgIpc) is 3.15. The predicted molar refractivity (Wildman–Crippen MR) is 117 cm³/mol. The molecule has 0 aliphatic rings. The van der Waals surface area contributed by atoms with Crippen LogP contribution in [0.1, 0.15) is 13.8 Å². The summed E-state index contributed by atoms with van der Waals surface area (Å²) in [7, 11) is 1.64. The van der Waals surface area contributed by atoms with Crippen LogP contribution in [0.5, 0.6) is 5.75 Å². The highest BCUT2D eigenvalue weighted by Gasteiger charge is 2.16. The van der Waals surface area contributed by atoms with Crippen LogP contribution < -0.4 is 10.3 Å². The van der Waals surface area contributed by atoms with E-state index in [4.69, 9.17) is 4.74 Å². The van der Waals surface area contributed by atoms with E-state index in [0.29, 0.717) is 22.7 Å². The zero-order chi connectivity index (χ0) is 21.1. The summed E-state index contributed by atoms with van der Waals surface area (Å²) >= 11 is 1.41. The van der Waals surface area contributed by atoms with Gasteiger partial charge in [-0.1, -0.05) is 43.0 Å². The molecule has 2 heterocycles. The number of nitrogens with zero attached hydrogens (tertiary/aromatic N) is 6. The van der Waals surface area contributed by atoms with Gasteiger partial charge < -0.3 is 9.30 Å². The van der Waals surface area contributed by atoms with E-state index < -0.39 is 0 Å². The standard InChI is InChI=1S/C21H22N6O2S/c1-14(2)12-26-19(15-8-10-16(29-3)11-9-15)23-24-21(26)30-13-27-20(28)17-6-4-5-7-18(17)22-25-27/h4-11,14H,12-13H2,1-3H3. The maximum atomic E-state index is 12.7. The molecule has 2 aromatic carbocycles. The van der Waals surface area contributed by atoms with E-state index in [1.807, 2.05) is 36.4 Å². The molecule has 30 heavy (non-hydrogen) atoms.